The van der Waals surface area contributed by atoms with Crippen LogP contribution in [0.3, 0.4) is 0 Å². The van der Waals surface area contributed by atoms with Gasteiger partial charge in [-0.15, -0.1) is 0 Å². The number of hydrogen-bond acceptors (Lipinski definition) is 7. The number of anilines is 3. The van der Waals surface area contributed by atoms with Crippen molar-refractivity contribution in [2.24, 2.45) is 17.8 Å². The average molecular weight is 614 g/mol. The van der Waals surface area contributed by atoms with Crippen molar-refractivity contribution < 1.29 is 18.4 Å². The van der Waals surface area contributed by atoms with Crippen LogP contribution in [0.2, 0.25) is 0 Å². The summed E-state index contributed by atoms with van der Waals surface area (Å²) in [7, 11) is 0. The number of halogens is 2. The Morgan fingerprint density at radius 3 is 2.63 bits per heavy atom. The lowest BCUT2D eigenvalue weighted by Crippen LogP contribution is -2.41. The highest BCUT2D eigenvalue weighted by Gasteiger charge is 2.43. The van der Waals surface area contributed by atoms with E-state index >= 15 is 0 Å². The number of nitrogens with one attached hydrogen (secondary N) is 2. The van der Waals surface area contributed by atoms with E-state index in [-0.39, 0.29) is 36.2 Å². The van der Waals surface area contributed by atoms with Gasteiger partial charge in [0.25, 0.3) is 5.91 Å². The van der Waals surface area contributed by atoms with Crippen LogP contribution in [0.15, 0.2) is 35.4 Å². The van der Waals surface area contributed by atoms with E-state index < -0.39 is 5.92 Å². The SMILES string of the molecule is CC1CCNc2cccc(n2)SNC(=O)c2ccc(N3CCN(CC4CCC(F)(F)CC4)C3=O)nc2N2CC1CC2(C)C. The summed E-state index contributed by atoms with van der Waals surface area (Å²) in [5.74, 6) is -0.0648. The minimum absolute atomic E-state index is 0.0846. The molecule has 232 valence electrons. The van der Waals surface area contributed by atoms with E-state index in [9.17, 15) is 18.4 Å². The fourth-order valence-corrected chi connectivity index (χ4v) is 7.57. The van der Waals surface area contributed by atoms with Crippen molar-refractivity contribution in [3.63, 3.8) is 0 Å². The zero-order chi connectivity index (χ0) is 30.4. The van der Waals surface area contributed by atoms with E-state index in [4.69, 9.17) is 4.98 Å². The average Bonchev–Trinajstić information content (AvgIpc) is 3.50. The molecular weight excluding hydrogens is 572 g/mol. The predicted molar refractivity (Wildman–Crippen MR) is 165 cm³/mol. The Morgan fingerprint density at radius 2 is 1.84 bits per heavy atom. The van der Waals surface area contributed by atoms with Gasteiger partial charge in [0, 0.05) is 63.1 Å². The normalized spacial score (nSPS) is 25.9. The molecule has 12 heteroatoms. The molecular formula is C31H41F2N7O2S. The molecule has 4 bridgehead atoms. The first kappa shape index (κ1) is 29.9. The van der Waals surface area contributed by atoms with Gasteiger partial charge in [0.15, 0.2) is 0 Å². The van der Waals surface area contributed by atoms with Crippen molar-refractivity contribution in [1.82, 2.24) is 19.6 Å². The minimum Gasteiger partial charge on any atom is -0.370 e. The molecule has 3 aliphatic heterocycles. The molecule has 9 nitrogen and oxygen atoms in total. The van der Waals surface area contributed by atoms with Crippen molar-refractivity contribution in [2.75, 3.05) is 47.8 Å². The van der Waals surface area contributed by atoms with Gasteiger partial charge in [0.1, 0.15) is 22.5 Å². The van der Waals surface area contributed by atoms with Crippen LogP contribution in [-0.4, -0.2) is 71.0 Å². The number of amides is 3. The Bertz CT molecular complexity index is 1370. The number of fused-ring (bicyclic) bond motifs is 6. The van der Waals surface area contributed by atoms with Gasteiger partial charge in [-0.3, -0.25) is 14.4 Å². The summed E-state index contributed by atoms with van der Waals surface area (Å²) in [6.45, 7) is 9.71. The molecule has 2 atom stereocenters. The maximum atomic E-state index is 13.7. The van der Waals surface area contributed by atoms with E-state index in [0.29, 0.717) is 66.5 Å². The number of urea groups is 1. The first-order chi connectivity index (χ1) is 20.5. The van der Waals surface area contributed by atoms with Crippen LogP contribution in [0.4, 0.5) is 31.0 Å². The Morgan fingerprint density at radius 1 is 1.05 bits per heavy atom. The molecule has 43 heavy (non-hydrogen) atoms. The molecule has 2 N–H and O–H groups in total. The van der Waals surface area contributed by atoms with Gasteiger partial charge >= 0.3 is 6.03 Å². The van der Waals surface area contributed by atoms with Crippen LogP contribution < -0.4 is 19.8 Å². The fourth-order valence-electron chi connectivity index (χ4n) is 6.97. The number of carbonyl (C=O) groups is 2. The first-order valence-electron chi connectivity index (χ1n) is 15.4. The fraction of sp³-hybridized carbons (Fsp3) is 0.613. The number of nitrogens with zero attached hydrogens (tertiary/aromatic N) is 5. The van der Waals surface area contributed by atoms with E-state index in [1.807, 2.05) is 18.2 Å². The molecule has 6 rings (SSSR count). The highest BCUT2D eigenvalue weighted by molar-refractivity contribution is 7.97. The highest BCUT2D eigenvalue weighted by Crippen LogP contribution is 2.42. The standard InChI is InChI=1S/C31H41F2N7O2S/c1-20-11-14-34-24-5-4-6-26(35-24)43-37-28(41)23-7-8-25(36-27(23)40-19-22(20)17-30(40,2)3)39-16-15-38(29(39)42)18-21-9-12-31(32,33)13-10-21/h4-8,20-22H,9-19H2,1-3H3,(H,34,35)(H,37,41). The van der Waals surface area contributed by atoms with Crippen molar-refractivity contribution in [3.05, 3.63) is 35.9 Å². The monoisotopic (exact) mass is 613 g/mol. The number of pyridine rings is 2. The van der Waals surface area contributed by atoms with Gasteiger partial charge in [0.05, 0.1) is 5.56 Å². The third-order valence-electron chi connectivity index (χ3n) is 9.64. The summed E-state index contributed by atoms with van der Waals surface area (Å²) < 4.78 is 30.3. The van der Waals surface area contributed by atoms with Crippen LogP contribution in [0, 0.1) is 17.8 Å². The van der Waals surface area contributed by atoms with E-state index in [1.54, 1.807) is 21.9 Å². The van der Waals surface area contributed by atoms with Crippen LogP contribution >= 0.6 is 11.9 Å². The molecule has 0 radical (unpaired) electrons. The Labute approximate surface area is 256 Å². The van der Waals surface area contributed by atoms with Gasteiger partial charge in [-0.05, 0) is 81.5 Å². The zero-order valence-electron chi connectivity index (χ0n) is 25.1. The molecule has 2 aromatic rings. The number of carbonyl (C=O) groups excluding carboxylic acids is 2. The lowest BCUT2D eigenvalue weighted by atomic mass is 9.86. The van der Waals surface area contributed by atoms with Crippen LogP contribution in [0.25, 0.3) is 0 Å². The summed E-state index contributed by atoms with van der Waals surface area (Å²) in [5, 5.41) is 4.11. The van der Waals surface area contributed by atoms with Gasteiger partial charge in [-0.25, -0.2) is 23.5 Å². The van der Waals surface area contributed by atoms with Crippen LogP contribution in [0.1, 0.15) is 69.7 Å². The van der Waals surface area contributed by atoms with Gasteiger partial charge in [0.2, 0.25) is 5.92 Å². The van der Waals surface area contributed by atoms with Crippen LogP contribution in [0.5, 0.6) is 0 Å². The topological polar surface area (TPSA) is 93.7 Å². The molecule has 2 unspecified atom stereocenters. The molecule has 1 saturated carbocycles. The number of alkyl halides is 2. The quantitative estimate of drug-likeness (QED) is 0.408. The predicted octanol–water partition coefficient (Wildman–Crippen LogP) is 6.04. The van der Waals surface area contributed by atoms with E-state index in [1.165, 1.54) is 0 Å². The third-order valence-corrected chi connectivity index (χ3v) is 10.4. The smallest absolute Gasteiger partial charge is 0.325 e. The number of aromatic nitrogens is 2. The molecule has 5 heterocycles. The molecule has 2 aromatic heterocycles. The van der Waals surface area contributed by atoms with E-state index in [0.717, 1.165) is 43.7 Å². The van der Waals surface area contributed by atoms with Crippen molar-refractivity contribution in [2.45, 2.75) is 75.8 Å². The number of rotatable bonds is 3. The summed E-state index contributed by atoms with van der Waals surface area (Å²) in [6, 6.07) is 9.06. The highest BCUT2D eigenvalue weighted by atomic mass is 32.2. The minimum atomic E-state index is -2.59. The second-order valence-corrected chi connectivity index (χ2v) is 14.0. The van der Waals surface area contributed by atoms with Gasteiger partial charge in [-0.2, -0.15) is 0 Å². The lowest BCUT2D eigenvalue weighted by Gasteiger charge is -2.34. The Balaban J connectivity index is 1.27. The first-order valence-corrected chi connectivity index (χ1v) is 16.2. The summed E-state index contributed by atoms with van der Waals surface area (Å²) in [5.41, 5.74) is 0.209. The largest absolute Gasteiger partial charge is 0.370 e. The van der Waals surface area contributed by atoms with Crippen molar-refractivity contribution >= 4 is 41.3 Å². The van der Waals surface area contributed by atoms with Crippen LogP contribution in [-0.2, 0) is 0 Å². The third kappa shape index (κ3) is 6.39. The molecule has 2 saturated heterocycles. The second kappa shape index (κ2) is 11.7. The summed E-state index contributed by atoms with van der Waals surface area (Å²) in [4.78, 5) is 42.4. The molecule has 3 fully saturated rings. The summed E-state index contributed by atoms with van der Waals surface area (Å²) in [6.07, 6.45) is 2.59. The van der Waals surface area contributed by atoms with E-state index in [2.05, 4.69) is 40.7 Å². The van der Waals surface area contributed by atoms with Crippen molar-refractivity contribution in [1.29, 1.82) is 0 Å². The Hall–Kier alpha value is -3.15. The van der Waals surface area contributed by atoms with Gasteiger partial charge < -0.3 is 15.1 Å². The van der Waals surface area contributed by atoms with Gasteiger partial charge in [-0.1, -0.05) is 13.0 Å². The maximum Gasteiger partial charge on any atom is 0.325 e. The summed E-state index contributed by atoms with van der Waals surface area (Å²) >= 11 is 1.16. The second-order valence-electron chi connectivity index (χ2n) is 13.2. The molecule has 0 aromatic carbocycles. The number of hydrogen-bond donors (Lipinski definition) is 2. The lowest BCUT2D eigenvalue weighted by molar-refractivity contribution is -0.0473. The zero-order valence-corrected chi connectivity index (χ0v) is 25.9. The molecule has 0 spiro atoms. The molecule has 3 amide bonds. The molecule has 1 aliphatic carbocycles. The maximum absolute atomic E-state index is 13.7. The Kier molecular flexibility index (Phi) is 8.16. The van der Waals surface area contributed by atoms with Crippen molar-refractivity contribution in [3.8, 4) is 0 Å². The molecule has 4 aliphatic rings.